The van der Waals surface area contributed by atoms with E-state index >= 15 is 0 Å². The number of allylic oxidation sites excluding steroid dienone is 4. The van der Waals surface area contributed by atoms with Gasteiger partial charge in [0.25, 0.3) is 11.7 Å². The van der Waals surface area contributed by atoms with Crippen molar-refractivity contribution >= 4 is 29.2 Å². The van der Waals surface area contributed by atoms with Crippen LogP contribution in [0.25, 0.3) is 0 Å². The van der Waals surface area contributed by atoms with Gasteiger partial charge < -0.3 is 43.9 Å². The number of hydrogen-bond donors (Lipinski definition) is 3. The highest BCUT2D eigenvalue weighted by atomic mass is 16.6. The Morgan fingerprint density at radius 2 is 1.60 bits per heavy atom. The molecule has 2 unspecified atom stereocenters. The molecule has 3 aliphatic rings. The molecule has 0 radical (unpaired) electrons. The molecule has 14 nitrogen and oxygen atoms in total. The summed E-state index contributed by atoms with van der Waals surface area (Å²) in [6, 6.07) is -1.14. The summed E-state index contributed by atoms with van der Waals surface area (Å²) in [6.45, 7) is 16.7. The van der Waals surface area contributed by atoms with Gasteiger partial charge in [0.1, 0.15) is 30.1 Å². The van der Waals surface area contributed by atoms with Crippen LogP contribution in [-0.4, -0.2) is 132 Å². The van der Waals surface area contributed by atoms with E-state index in [1.54, 1.807) is 41.1 Å². The molecule has 3 fully saturated rings. The fraction of sp³-hybridized carbons (Fsp3) is 0.784. The van der Waals surface area contributed by atoms with E-state index in [9.17, 15) is 39.3 Å². The third-order valence-corrected chi connectivity index (χ3v) is 14.1. The number of aliphatic hydroxyl groups excluding tert-OH is 2. The van der Waals surface area contributed by atoms with E-state index in [4.69, 9.17) is 23.7 Å². The number of aliphatic hydroxyl groups is 3. The first-order valence-electron chi connectivity index (χ1n) is 24.1. The van der Waals surface area contributed by atoms with Crippen molar-refractivity contribution in [1.29, 1.82) is 0 Å². The Hall–Kier alpha value is -3.11. The quantitative estimate of drug-likeness (QED) is 0.0404. The van der Waals surface area contributed by atoms with Crippen molar-refractivity contribution in [2.75, 3.05) is 27.9 Å². The molecule has 3 rings (SSSR count). The van der Waals surface area contributed by atoms with Gasteiger partial charge in [-0.05, 0) is 114 Å². The second-order valence-electron chi connectivity index (χ2n) is 19.8. The zero-order valence-electron chi connectivity index (χ0n) is 41.5. The summed E-state index contributed by atoms with van der Waals surface area (Å²) in [5, 5.41) is 33.6. The maximum absolute atomic E-state index is 14.4. The van der Waals surface area contributed by atoms with Crippen LogP contribution >= 0.6 is 0 Å². The predicted octanol–water partition coefficient (Wildman–Crippen LogP) is 6.65. The number of nitrogens with zero attached hydrogens (tertiary/aromatic N) is 1. The number of Topliss-reactive ketones (excluding diaryl/α,β-unsaturated/α-hetero) is 3. The maximum Gasteiger partial charge on any atom is 0.329 e. The highest BCUT2D eigenvalue weighted by Gasteiger charge is 2.53. The zero-order chi connectivity index (χ0) is 48.8. The van der Waals surface area contributed by atoms with Crippen molar-refractivity contribution in [2.24, 2.45) is 35.5 Å². The number of hydrogen-bond acceptors (Lipinski definition) is 13. The molecule has 0 bridgehead atoms. The lowest BCUT2D eigenvalue weighted by Crippen LogP contribution is -2.61. The number of ketones is 3. The highest BCUT2D eigenvalue weighted by Crippen LogP contribution is 2.37. The zero-order valence-corrected chi connectivity index (χ0v) is 41.5. The van der Waals surface area contributed by atoms with E-state index in [2.05, 4.69) is 0 Å². The predicted molar refractivity (Wildman–Crippen MR) is 247 cm³/mol. The Kier molecular flexibility index (Phi) is 22.9. The molecule has 14 atom stereocenters. The van der Waals surface area contributed by atoms with Crippen LogP contribution in [0.1, 0.15) is 139 Å². The molecule has 0 aromatic carbocycles. The highest BCUT2D eigenvalue weighted by molar-refractivity contribution is 6.39. The number of ether oxygens (including phenoxy) is 5. The number of piperidine rings is 1. The van der Waals surface area contributed by atoms with Crippen LogP contribution in [-0.2, 0) is 47.7 Å². The van der Waals surface area contributed by atoms with E-state index in [-0.39, 0.29) is 66.8 Å². The first-order valence-corrected chi connectivity index (χ1v) is 24.1. The first-order chi connectivity index (χ1) is 30.6. The van der Waals surface area contributed by atoms with E-state index in [0.717, 1.165) is 12.0 Å². The van der Waals surface area contributed by atoms with E-state index < -0.39 is 71.8 Å². The molecule has 2 heterocycles. The second-order valence-corrected chi connectivity index (χ2v) is 19.8. The van der Waals surface area contributed by atoms with Crippen molar-refractivity contribution in [1.82, 2.24) is 4.90 Å². The Morgan fingerprint density at radius 3 is 2.22 bits per heavy atom. The molecule has 2 saturated heterocycles. The van der Waals surface area contributed by atoms with Crippen LogP contribution in [0, 0.1) is 35.5 Å². The Labute approximate surface area is 388 Å². The molecule has 0 spiro atoms. The molecule has 1 aliphatic carbocycles. The van der Waals surface area contributed by atoms with Crippen LogP contribution in [0.2, 0.25) is 0 Å². The third kappa shape index (κ3) is 15.5. The van der Waals surface area contributed by atoms with E-state index in [1.165, 1.54) is 12.0 Å². The van der Waals surface area contributed by atoms with Crippen molar-refractivity contribution in [2.45, 2.75) is 194 Å². The fourth-order valence-corrected chi connectivity index (χ4v) is 9.91. The minimum Gasteiger partial charge on any atom is -0.460 e. The van der Waals surface area contributed by atoms with Crippen LogP contribution in [0.15, 0.2) is 35.5 Å². The maximum atomic E-state index is 14.4. The Balaban J connectivity index is 1.86. The van der Waals surface area contributed by atoms with Gasteiger partial charge in [-0.25, -0.2) is 4.79 Å². The van der Waals surface area contributed by atoms with Gasteiger partial charge in [0, 0.05) is 58.5 Å². The number of carbonyl (C=O) groups is 5. The lowest BCUT2D eigenvalue weighted by molar-refractivity contribution is -0.265. The lowest BCUT2D eigenvalue weighted by Gasteiger charge is -2.42. The number of amides is 1. The summed E-state index contributed by atoms with van der Waals surface area (Å²) in [5.41, 5.74) is 1.34. The van der Waals surface area contributed by atoms with Crippen LogP contribution < -0.4 is 0 Å². The Bertz CT molecular complexity index is 1670. The molecular weight excluding hydrogens is 835 g/mol. The standard InChI is InChI=1S/C51H83NO13/c1-13-14-17-31(4)42(61-10)28-38-21-19-36(9)51(60,65-38)48(57)49(58)52-23-16-15-18-39(52)50(59)64-43(33(6)26-37-20-22-40(53)44(27-37)62-11)29-41(54)32(5)25-35(8)46(56)47(63-12)45(55)34(7)24-30(2)3/h13-14,17,25,30,32-34,36-40,42-44,46-47,53,56,60H,15-16,18-24,26-29H2,1-12H3/b14-13+,31-17+,35-25+/t32-,33-,34-,36-,37+,38?,39+,40-,42+,43+,44-,46?,47+,51-/m1/s1. The normalized spacial score (nSPS) is 29.1. The van der Waals surface area contributed by atoms with Gasteiger partial charge in [0.05, 0.1) is 24.4 Å². The molecular formula is C51H83NO13. The fourth-order valence-electron chi connectivity index (χ4n) is 9.91. The van der Waals surface area contributed by atoms with Gasteiger partial charge in [-0.2, -0.15) is 0 Å². The van der Waals surface area contributed by atoms with Crippen LogP contribution in [0.3, 0.4) is 0 Å². The molecule has 65 heavy (non-hydrogen) atoms. The molecule has 3 N–H and O–H groups in total. The van der Waals surface area contributed by atoms with Gasteiger partial charge in [0.2, 0.25) is 5.79 Å². The topological polar surface area (TPSA) is 195 Å². The second kappa shape index (κ2) is 26.4. The number of methoxy groups -OCH3 is 3. The van der Waals surface area contributed by atoms with Gasteiger partial charge in [0.15, 0.2) is 5.78 Å². The summed E-state index contributed by atoms with van der Waals surface area (Å²) in [6.07, 6.45) is 7.76. The monoisotopic (exact) mass is 918 g/mol. The van der Waals surface area contributed by atoms with Crippen molar-refractivity contribution in [3.8, 4) is 0 Å². The number of likely N-dealkylation sites (tertiary alicyclic amines) is 1. The van der Waals surface area contributed by atoms with E-state index in [1.807, 2.05) is 59.8 Å². The summed E-state index contributed by atoms with van der Waals surface area (Å²) in [7, 11) is 4.53. The lowest BCUT2D eigenvalue weighted by atomic mass is 9.78. The molecule has 2 aliphatic heterocycles. The molecule has 0 aromatic rings. The molecule has 370 valence electrons. The number of esters is 1. The minimum absolute atomic E-state index is 0.0888. The first kappa shape index (κ1) is 56.2. The summed E-state index contributed by atoms with van der Waals surface area (Å²) >= 11 is 0. The molecule has 0 aromatic heterocycles. The van der Waals surface area contributed by atoms with Crippen molar-refractivity contribution in [3.05, 3.63) is 35.5 Å². The summed E-state index contributed by atoms with van der Waals surface area (Å²) in [5.74, 6) is -7.52. The largest absolute Gasteiger partial charge is 0.460 e. The number of carbonyl (C=O) groups excluding carboxylic acids is 5. The number of rotatable bonds is 24. The minimum atomic E-state index is -2.42. The summed E-state index contributed by atoms with van der Waals surface area (Å²) in [4.78, 5) is 71.2. The summed E-state index contributed by atoms with van der Waals surface area (Å²) < 4.78 is 29.1. The smallest absolute Gasteiger partial charge is 0.329 e. The SMILES string of the molecule is C/C=C/C=C(\C)[C@H](CC1CC[C@@H](C)[C@](O)(C(=O)C(=O)N2CCCC[C@H]2C(=O)O[C@@H](CC(=O)[C@H](C)/C=C(\C)C(O)[C@@H](OC)C(=O)[C@H](C)CC(C)C)[C@H](C)C[C@@H]2CC[C@@H](O)[C@H](OC)C2)O1)OC. The molecule has 1 amide bonds. The molecule has 1 saturated carbocycles. The van der Waals surface area contributed by atoms with Crippen molar-refractivity contribution < 1.29 is 63.0 Å². The third-order valence-electron chi connectivity index (χ3n) is 14.1. The van der Waals surface area contributed by atoms with Crippen LogP contribution in [0.4, 0.5) is 0 Å². The van der Waals surface area contributed by atoms with Gasteiger partial charge >= 0.3 is 5.97 Å². The Morgan fingerprint density at radius 1 is 0.908 bits per heavy atom. The average molecular weight is 918 g/mol. The van der Waals surface area contributed by atoms with Gasteiger partial charge in [-0.1, -0.05) is 65.8 Å². The van der Waals surface area contributed by atoms with Gasteiger partial charge in [-0.3, -0.25) is 19.2 Å². The average Bonchev–Trinajstić information content (AvgIpc) is 3.27. The van der Waals surface area contributed by atoms with Gasteiger partial charge in [-0.15, -0.1) is 0 Å². The van der Waals surface area contributed by atoms with Crippen LogP contribution in [0.5, 0.6) is 0 Å². The van der Waals surface area contributed by atoms with E-state index in [0.29, 0.717) is 63.4 Å². The van der Waals surface area contributed by atoms with Crippen molar-refractivity contribution in [3.63, 3.8) is 0 Å². The molecule has 14 heteroatoms.